The quantitative estimate of drug-likeness (QED) is 0.792. The number of rotatable bonds is 6. The molecule has 0 radical (unpaired) electrons. The number of imide groups is 1. The Bertz CT molecular complexity index is 652. The van der Waals surface area contributed by atoms with Gasteiger partial charge in [0.2, 0.25) is 0 Å². The smallest absolute Gasteiger partial charge is 0.327 e. The van der Waals surface area contributed by atoms with Crippen LogP contribution < -0.4 is 4.74 Å². The lowest BCUT2D eigenvalue weighted by molar-refractivity contribution is -0.135. The van der Waals surface area contributed by atoms with Crippen LogP contribution in [-0.4, -0.2) is 58.7 Å². The number of ether oxygens (including phenoxy) is 1. The predicted molar refractivity (Wildman–Crippen MR) is 98.0 cm³/mol. The van der Waals surface area contributed by atoms with Gasteiger partial charge in [0.1, 0.15) is 24.0 Å². The molecule has 2 aliphatic rings. The largest absolute Gasteiger partial charge is 0.491 e. The van der Waals surface area contributed by atoms with Crippen molar-refractivity contribution in [3.8, 4) is 5.75 Å². The van der Waals surface area contributed by atoms with Crippen LogP contribution in [0.3, 0.4) is 0 Å². The van der Waals surface area contributed by atoms with Crippen molar-refractivity contribution in [2.24, 2.45) is 0 Å². The summed E-state index contributed by atoms with van der Waals surface area (Å²) in [5.74, 6) is 0.497. The van der Waals surface area contributed by atoms with Crippen molar-refractivity contribution in [3.05, 3.63) is 29.8 Å². The number of aliphatic hydroxyl groups excluding tert-OH is 1. The van der Waals surface area contributed by atoms with Gasteiger partial charge in [-0.2, -0.15) is 0 Å². The minimum atomic E-state index is -0.916. The van der Waals surface area contributed by atoms with E-state index < -0.39 is 11.6 Å². The fourth-order valence-corrected chi connectivity index (χ4v) is 3.97. The molecular weight excluding hydrogens is 332 g/mol. The SMILES string of the molecule is CCc1ccc(OC[C@H](O)CN2C(=O)N(C)C3(CCCCC3)C2=O)cc1. The van der Waals surface area contributed by atoms with Crippen molar-refractivity contribution in [3.63, 3.8) is 0 Å². The molecule has 1 N–H and O–H groups in total. The Labute approximate surface area is 154 Å². The summed E-state index contributed by atoms with van der Waals surface area (Å²) in [7, 11) is 1.70. The van der Waals surface area contributed by atoms with Crippen molar-refractivity contribution in [2.75, 3.05) is 20.2 Å². The van der Waals surface area contributed by atoms with Crippen molar-refractivity contribution in [1.82, 2.24) is 9.80 Å². The number of aryl methyl sites for hydroxylation is 1. The van der Waals surface area contributed by atoms with E-state index in [-0.39, 0.29) is 25.1 Å². The minimum Gasteiger partial charge on any atom is -0.491 e. The standard InChI is InChI=1S/C20H28N2O4/c1-3-15-7-9-17(10-8-15)26-14-16(23)13-22-18(24)20(21(2)19(22)25)11-5-4-6-12-20/h7-10,16,23H,3-6,11-14H2,1-2H3/t16-/m1/s1. The highest BCUT2D eigenvalue weighted by molar-refractivity contribution is 6.07. The van der Waals surface area contributed by atoms with E-state index in [9.17, 15) is 14.7 Å². The zero-order valence-corrected chi connectivity index (χ0v) is 15.6. The van der Waals surface area contributed by atoms with E-state index in [2.05, 4.69) is 6.92 Å². The second kappa shape index (κ2) is 7.66. The number of hydrogen-bond donors (Lipinski definition) is 1. The molecule has 6 heteroatoms. The maximum Gasteiger partial charge on any atom is 0.327 e. The fraction of sp³-hybridized carbons (Fsp3) is 0.600. The summed E-state index contributed by atoms with van der Waals surface area (Å²) >= 11 is 0. The molecule has 1 spiro atoms. The van der Waals surface area contributed by atoms with Gasteiger partial charge in [0.25, 0.3) is 5.91 Å². The zero-order chi connectivity index (χ0) is 18.7. The normalized spacial score (nSPS) is 20.7. The van der Waals surface area contributed by atoms with Crippen molar-refractivity contribution < 1.29 is 19.4 Å². The van der Waals surface area contributed by atoms with Gasteiger partial charge in [0.15, 0.2) is 0 Å². The summed E-state index contributed by atoms with van der Waals surface area (Å²) in [5.41, 5.74) is 0.512. The van der Waals surface area contributed by atoms with Gasteiger partial charge in [-0.3, -0.25) is 9.69 Å². The number of carbonyl (C=O) groups is 2. The number of nitrogens with zero attached hydrogens (tertiary/aromatic N) is 2. The van der Waals surface area contributed by atoms with Crippen molar-refractivity contribution in [1.29, 1.82) is 0 Å². The summed E-state index contributed by atoms with van der Waals surface area (Å²) < 4.78 is 5.60. The molecule has 26 heavy (non-hydrogen) atoms. The van der Waals surface area contributed by atoms with E-state index in [1.807, 2.05) is 24.3 Å². The van der Waals surface area contributed by atoms with Gasteiger partial charge >= 0.3 is 6.03 Å². The Kier molecular flexibility index (Phi) is 5.51. The number of carbonyl (C=O) groups excluding carboxylic acids is 2. The Morgan fingerprint density at radius 2 is 1.81 bits per heavy atom. The van der Waals surface area contributed by atoms with Crippen LogP contribution in [0.15, 0.2) is 24.3 Å². The van der Waals surface area contributed by atoms with E-state index in [4.69, 9.17) is 4.74 Å². The summed E-state index contributed by atoms with van der Waals surface area (Å²) in [5, 5.41) is 10.3. The summed E-state index contributed by atoms with van der Waals surface area (Å²) in [4.78, 5) is 28.2. The second-order valence-corrected chi connectivity index (χ2v) is 7.31. The molecule has 1 aliphatic heterocycles. The first kappa shape index (κ1) is 18.7. The van der Waals surface area contributed by atoms with Gasteiger partial charge < -0.3 is 14.7 Å². The van der Waals surface area contributed by atoms with E-state index >= 15 is 0 Å². The molecule has 0 bridgehead atoms. The lowest BCUT2D eigenvalue weighted by Crippen LogP contribution is -2.49. The zero-order valence-electron chi connectivity index (χ0n) is 15.6. The molecule has 1 heterocycles. The monoisotopic (exact) mass is 360 g/mol. The van der Waals surface area contributed by atoms with Gasteiger partial charge in [-0.1, -0.05) is 38.3 Å². The average Bonchev–Trinajstić information content (AvgIpc) is 2.84. The molecule has 3 amide bonds. The lowest BCUT2D eigenvalue weighted by atomic mass is 9.81. The first-order valence-corrected chi connectivity index (χ1v) is 9.47. The van der Waals surface area contributed by atoms with Crippen molar-refractivity contribution in [2.45, 2.75) is 57.1 Å². The summed E-state index contributed by atoms with van der Waals surface area (Å²) in [6, 6.07) is 7.38. The van der Waals surface area contributed by atoms with E-state index in [1.54, 1.807) is 11.9 Å². The molecule has 1 aromatic rings. The third kappa shape index (κ3) is 3.43. The predicted octanol–water partition coefficient (Wildman–Crippen LogP) is 2.59. The Morgan fingerprint density at radius 3 is 2.42 bits per heavy atom. The number of amides is 3. The molecule has 0 aromatic heterocycles. The molecule has 1 aliphatic carbocycles. The van der Waals surface area contributed by atoms with Gasteiger partial charge in [0, 0.05) is 7.05 Å². The van der Waals surface area contributed by atoms with Crippen LogP contribution in [0.2, 0.25) is 0 Å². The van der Waals surface area contributed by atoms with Gasteiger partial charge in [-0.05, 0) is 37.0 Å². The minimum absolute atomic E-state index is 0.0310. The maximum absolute atomic E-state index is 12.9. The Morgan fingerprint density at radius 1 is 1.15 bits per heavy atom. The number of hydrogen-bond acceptors (Lipinski definition) is 4. The van der Waals surface area contributed by atoms with Crippen LogP contribution in [0.25, 0.3) is 0 Å². The fourth-order valence-electron chi connectivity index (χ4n) is 3.97. The van der Waals surface area contributed by atoms with E-state index in [0.29, 0.717) is 18.6 Å². The molecule has 2 fully saturated rings. The Balaban J connectivity index is 1.58. The topological polar surface area (TPSA) is 70.1 Å². The molecule has 1 saturated carbocycles. The highest BCUT2D eigenvalue weighted by atomic mass is 16.5. The number of benzene rings is 1. The number of likely N-dealkylation sites (N-methyl/N-ethyl adjacent to an activating group) is 1. The van der Waals surface area contributed by atoms with Gasteiger partial charge in [-0.15, -0.1) is 0 Å². The molecular formula is C20H28N2O4. The van der Waals surface area contributed by atoms with E-state index in [1.165, 1.54) is 10.5 Å². The molecule has 3 rings (SSSR count). The average molecular weight is 360 g/mol. The maximum atomic E-state index is 12.9. The summed E-state index contributed by atoms with van der Waals surface area (Å²) in [6.45, 7) is 2.09. The van der Waals surface area contributed by atoms with Gasteiger partial charge in [0.05, 0.1) is 6.54 Å². The summed E-state index contributed by atoms with van der Waals surface area (Å²) in [6.07, 6.45) is 4.47. The molecule has 1 aromatic carbocycles. The van der Waals surface area contributed by atoms with E-state index in [0.717, 1.165) is 25.7 Å². The highest BCUT2D eigenvalue weighted by Gasteiger charge is 2.55. The molecule has 142 valence electrons. The van der Waals surface area contributed by atoms with Crippen LogP contribution in [0.4, 0.5) is 4.79 Å². The van der Waals surface area contributed by atoms with Crippen LogP contribution in [0.1, 0.15) is 44.6 Å². The highest BCUT2D eigenvalue weighted by Crippen LogP contribution is 2.39. The number of aliphatic hydroxyl groups is 1. The second-order valence-electron chi connectivity index (χ2n) is 7.31. The van der Waals surface area contributed by atoms with Crippen LogP contribution in [-0.2, 0) is 11.2 Å². The van der Waals surface area contributed by atoms with Gasteiger partial charge in [-0.25, -0.2) is 4.79 Å². The third-order valence-corrected chi connectivity index (χ3v) is 5.65. The molecule has 0 unspecified atom stereocenters. The first-order valence-electron chi connectivity index (χ1n) is 9.47. The van der Waals surface area contributed by atoms with Crippen molar-refractivity contribution >= 4 is 11.9 Å². The van der Waals surface area contributed by atoms with Crippen LogP contribution >= 0.6 is 0 Å². The number of β-amino-alcohol motifs (C(OH)–C–C–N with tert-alkyl or cyclic N) is 1. The molecule has 1 saturated heterocycles. The molecule has 1 atom stereocenters. The van der Waals surface area contributed by atoms with Crippen LogP contribution in [0.5, 0.6) is 5.75 Å². The lowest BCUT2D eigenvalue weighted by Gasteiger charge is -2.35. The Hall–Kier alpha value is -2.08. The number of urea groups is 1. The first-order chi connectivity index (χ1) is 12.5. The van der Waals surface area contributed by atoms with Crippen LogP contribution in [0, 0.1) is 0 Å². The third-order valence-electron chi connectivity index (χ3n) is 5.65. The molecule has 6 nitrogen and oxygen atoms in total.